The Morgan fingerprint density at radius 3 is 2.85 bits per heavy atom. The van der Waals surface area contributed by atoms with Crippen LogP contribution in [0.25, 0.3) is 0 Å². The van der Waals surface area contributed by atoms with Gasteiger partial charge in [0.05, 0.1) is 0 Å². The van der Waals surface area contributed by atoms with Gasteiger partial charge in [-0.15, -0.1) is 0 Å². The van der Waals surface area contributed by atoms with E-state index in [0.717, 1.165) is 0 Å². The summed E-state index contributed by atoms with van der Waals surface area (Å²) in [6.07, 6.45) is 0.612. The Morgan fingerprint density at radius 1 is 1.46 bits per heavy atom. The van der Waals surface area contributed by atoms with Crippen LogP contribution in [0.4, 0.5) is 0 Å². The second-order valence-corrected chi connectivity index (χ2v) is 2.35. The molecule has 1 rings (SSSR count). The van der Waals surface area contributed by atoms with Crippen LogP contribution < -0.4 is 0 Å². The van der Waals surface area contributed by atoms with Gasteiger partial charge in [-0.05, 0) is 18.2 Å². The molecule has 0 aliphatic carbocycles. The minimum Gasteiger partial charge on any atom is -0.508 e. The summed E-state index contributed by atoms with van der Waals surface area (Å²) in [7, 11) is 0. The van der Waals surface area contributed by atoms with Gasteiger partial charge in [-0.3, -0.25) is 4.79 Å². The molecule has 0 bridgehead atoms. The first-order valence-corrected chi connectivity index (χ1v) is 3.66. The molecule has 0 heterocycles. The SMILES string of the molecule is O=Cc1cc(O)ccc1C#CCO. The molecule has 0 amide bonds. The zero-order chi connectivity index (χ0) is 9.68. The van der Waals surface area contributed by atoms with Gasteiger partial charge in [0.1, 0.15) is 12.4 Å². The lowest BCUT2D eigenvalue weighted by atomic mass is 10.1. The van der Waals surface area contributed by atoms with Gasteiger partial charge in [0.25, 0.3) is 0 Å². The summed E-state index contributed by atoms with van der Waals surface area (Å²) in [5.74, 6) is 5.05. The molecule has 13 heavy (non-hydrogen) atoms. The Morgan fingerprint density at radius 2 is 2.23 bits per heavy atom. The zero-order valence-corrected chi connectivity index (χ0v) is 6.82. The first-order valence-electron chi connectivity index (χ1n) is 3.66. The monoisotopic (exact) mass is 176 g/mol. The number of carbonyl (C=O) groups is 1. The third-order valence-electron chi connectivity index (χ3n) is 1.46. The molecule has 66 valence electrons. The van der Waals surface area contributed by atoms with Crippen LogP contribution in [0.3, 0.4) is 0 Å². The van der Waals surface area contributed by atoms with E-state index in [1.54, 1.807) is 0 Å². The van der Waals surface area contributed by atoms with Gasteiger partial charge >= 0.3 is 0 Å². The van der Waals surface area contributed by atoms with Crippen LogP contribution in [0.2, 0.25) is 0 Å². The minimum absolute atomic E-state index is 0.0247. The van der Waals surface area contributed by atoms with Gasteiger partial charge < -0.3 is 10.2 Å². The van der Waals surface area contributed by atoms with Crippen LogP contribution in [0.15, 0.2) is 18.2 Å². The minimum atomic E-state index is -0.251. The molecule has 0 saturated heterocycles. The van der Waals surface area contributed by atoms with Crippen LogP contribution in [-0.2, 0) is 0 Å². The molecule has 0 atom stereocenters. The number of aldehydes is 1. The highest BCUT2D eigenvalue weighted by Crippen LogP contribution is 2.13. The number of hydrogen-bond donors (Lipinski definition) is 2. The summed E-state index contributed by atoms with van der Waals surface area (Å²) in [4.78, 5) is 10.5. The number of aliphatic hydroxyl groups excluding tert-OH is 1. The molecule has 0 radical (unpaired) electrons. The Bertz CT molecular complexity index is 371. The third kappa shape index (κ3) is 2.32. The van der Waals surface area contributed by atoms with Gasteiger partial charge in [0.2, 0.25) is 0 Å². The molecule has 1 aromatic rings. The Balaban J connectivity index is 3.13. The van der Waals surface area contributed by atoms with Crippen molar-refractivity contribution in [1.82, 2.24) is 0 Å². The summed E-state index contributed by atoms with van der Waals surface area (Å²) in [6, 6.07) is 4.30. The van der Waals surface area contributed by atoms with Crippen molar-refractivity contribution in [1.29, 1.82) is 0 Å². The number of rotatable bonds is 1. The fourth-order valence-corrected chi connectivity index (χ4v) is 0.896. The number of hydrogen-bond acceptors (Lipinski definition) is 3. The molecule has 3 nitrogen and oxygen atoms in total. The van der Waals surface area contributed by atoms with E-state index in [9.17, 15) is 4.79 Å². The van der Waals surface area contributed by atoms with Gasteiger partial charge in [0, 0.05) is 11.1 Å². The zero-order valence-electron chi connectivity index (χ0n) is 6.82. The maximum absolute atomic E-state index is 10.5. The van der Waals surface area contributed by atoms with Gasteiger partial charge in [-0.2, -0.15) is 0 Å². The van der Waals surface area contributed by atoms with E-state index >= 15 is 0 Å². The van der Waals surface area contributed by atoms with E-state index in [1.807, 2.05) is 0 Å². The maximum Gasteiger partial charge on any atom is 0.151 e. The lowest BCUT2D eigenvalue weighted by molar-refractivity contribution is 0.112. The van der Waals surface area contributed by atoms with Crippen LogP contribution in [0.1, 0.15) is 15.9 Å². The lowest BCUT2D eigenvalue weighted by Crippen LogP contribution is -1.86. The van der Waals surface area contributed by atoms with E-state index in [-0.39, 0.29) is 12.4 Å². The van der Waals surface area contributed by atoms with Crippen LogP contribution in [-0.4, -0.2) is 23.1 Å². The molecule has 0 fully saturated rings. The lowest BCUT2D eigenvalue weighted by Gasteiger charge is -1.96. The molecule has 0 spiro atoms. The number of carbonyl (C=O) groups excluding carboxylic acids is 1. The Hall–Kier alpha value is -1.79. The molecule has 0 aromatic heterocycles. The number of aromatic hydroxyl groups is 1. The molecular formula is C10H8O3. The van der Waals surface area contributed by atoms with E-state index in [0.29, 0.717) is 17.4 Å². The second-order valence-electron chi connectivity index (χ2n) is 2.35. The first-order chi connectivity index (χ1) is 6.27. The highest BCUT2D eigenvalue weighted by molar-refractivity contribution is 5.80. The third-order valence-corrected chi connectivity index (χ3v) is 1.46. The average molecular weight is 176 g/mol. The van der Waals surface area contributed by atoms with Crippen molar-refractivity contribution in [2.24, 2.45) is 0 Å². The fraction of sp³-hybridized carbons (Fsp3) is 0.100. The summed E-state index contributed by atoms with van der Waals surface area (Å²) in [6.45, 7) is -0.251. The van der Waals surface area contributed by atoms with Crippen molar-refractivity contribution >= 4 is 6.29 Å². The summed E-state index contributed by atoms with van der Waals surface area (Å²) < 4.78 is 0. The maximum atomic E-state index is 10.5. The van der Waals surface area contributed by atoms with Crippen molar-refractivity contribution in [2.75, 3.05) is 6.61 Å². The molecule has 0 unspecified atom stereocenters. The van der Waals surface area contributed by atoms with Crippen molar-refractivity contribution in [3.05, 3.63) is 29.3 Å². The predicted molar refractivity (Wildman–Crippen MR) is 47.5 cm³/mol. The quantitative estimate of drug-likeness (QED) is 0.485. The molecule has 2 N–H and O–H groups in total. The largest absolute Gasteiger partial charge is 0.508 e. The molecule has 3 heteroatoms. The van der Waals surface area contributed by atoms with Gasteiger partial charge in [-0.25, -0.2) is 0 Å². The second kappa shape index (κ2) is 4.29. The number of phenolic OH excluding ortho intramolecular Hbond substituents is 1. The van der Waals surface area contributed by atoms with Crippen molar-refractivity contribution < 1.29 is 15.0 Å². The molecule has 0 aliphatic rings. The number of aliphatic hydroxyl groups is 1. The predicted octanol–water partition coefficient (Wildman–Crippen LogP) is 0.548. The Labute approximate surface area is 75.6 Å². The van der Waals surface area contributed by atoms with E-state index in [4.69, 9.17) is 10.2 Å². The van der Waals surface area contributed by atoms with Crippen LogP contribution in [0, 0.1) is 11.8 Å². The first kappa shape index (κ1) is 9.30. The molecule has 1 aromatic carbocycles. The van der Waals surface area contributed by atoms with Crippen LogP contribution in [0.5, 0.6) is 5.75 Å². The fourth-order valence-electron chi connectivity index (χ4n) is 0.896. The van der Waals surface area contributed by atoms with Crippen molar-refractivity contribution in [2.45, 2.75) is 0 Å². The van der Waals surface area contributed by atoms with E-state index < -0.39 is 0 Å². The van der Waals surface area contributed by atoms with E-state index in [1.165, 1.54) is 18.2 Å². The smallest absolute Gasteiger partial charge is 0.151 e. The van der Waals surface area contributed by atoms with E-state index in [2.05, 4.69) is 11.8 Å². The van der Waals surface area contributed by atoms with Gasteiger partial charge in [0.15, 0.2) is 6.29 Å². The normalized spacial score (nSPS) is 8.69. The molecule has 0 aliphatic heterocycles. The molecular weight excluding hydrogens is 168 g/mol. The molecule has 0 saturated carbocycles. The number of phenols is 1. The summed E-state index contributed by atoms with van der Waals surface area (Å²) in [5.41, 5.74) is 0.822. The average Bonchev–Trinajstić information content (AvgIpc) is 2.16. The van der Waals surface area contributed by atoms with Crippen molar-refractivity contribution in [3.63, 3.8) is 0 Å². The highest BCUT2D eigenvalue weighted by atomic mass is 16.3. The number of benzene rings is 1. The topological polar surface area (TPSA) is 57.5 Å². The summed E-state index contributed by atoms with van der Waals surface area (Å²) in [5, 5.41) is 17.5. The highest BCUT2D eigenvalue weighted by Gasteiger charge is 1.98. The van der Waals surface area contributed by atoms with Crippen molar-refractivity contribution in [3.8, 4) is 17.6 Å². The Kier molecular flexibility index (Phi) is 3.07. The van der Waals surface area contributed by atoms with Gasteiger partial charge in [-0.1, -0.05) is 11.8 Å². The standard InChI is InChI=1S/C10H8O3/c11-5-1-2-8-3-4-10(13)6-9(8)7-12/h3-4,6-7,11,13H,5H2. The van der Waals surface area contributed by atoms with Crippen LogP contribution >= 0.6 is 0 Å². The summed E-state index contributed by atoms with van der Waals surface area (Å²) >= 11 is 0.